The van der Waals surface area contributed by atoms with Crippen molar-refractivity contribution < 1.29 is 14.9 Å². The third-order valence-corrected chi connectivity index (χ3v) is 2.58. The van der Waals surface area contributed by atoms with E-state index in [-0.39, 0.29) is 0 Å². The number of aliphatic hydroxyl groups excluding tert-OH is 2. The van der Waals surface area contributed by atoms with Gasteiger partial charge >= 0.3 is 0 Å². The summed E-state index contributed by atoms with van der Waals surface area (Å²) >= 11 is 4.01. The molecule has 2 unspecified atom stereocenters. The highest BCUT2D eigenvalue weighted by molar-refractivity contribution is 7.80. The summed E-state index contributed by atoms with van der Waals surface area (Å²) in [6, 6.07) is 4.93. The second-order valence-corrected chi connectivity index (χ2v) is 4.01. The minimum Gasteiger partial charge on any atom is -0.497 e. The number of hydrogen-bond donors (Lipinski definition) is 4. The third kappa shape index (κ3) is 3.30. The van der Waals surface area contributed by atoms with E-state index in [0.29, 0.717) is 29.2 Å². The molecule has 16 heavy (non-hydrogen) atoms. The summed E-state index contributed by atoms with van der Waals surface area (Å²) in [7, 11) is 1.52. The van der Waals surface area contributed by atoms with E-state index in [0.717, 1.165) is 0 Å². The van der Waals surface area contributed by atoms with E-state index < -0.39 is 12.2 Å². The zero-order chi connectivity index (χ0) is 12.1. The standard InChI is InChI=1S/C11H17NO3S/c1-15-9-5-7(4-8(12)6-9)11(14)10(13)2-3-16/h4-6,10-11,13-14,16H,2-3,12H2,1H3. The molecule has 0 aliphatic rings. The van der Waals surface area contributed by atoms with Gasteiger partial charge in [-0.25, -0.2) is 0 Å². The second-order valence-electron chi connectivity index (χ2n) is 3.56. The van der Waals surface area contributed by atoms with Crippen molar-refractivity contribution in [1.82, 2.24) is 0 Å². The van der Waals surface area contributed by atoms with Crippen LogP contribution in [0.1, 0.15) is 18.1 Å². The first kappa shape index (κ1) is 13.2. The van der Waals surface area contributed by atoms with E-state index in [1.807, 2.05) is 0 Å². The Balaban J connectivity index is 2.89. The van der Waals surface area contributed by atoms with Gasteiger partial charge in [-0.05, 0) is 29.9 Å². The van der Waals surface area contributed by atoms with Gasteiger partial charge in [-0.2, -0.15) is 12.6 Å². The van der Waals surface area contributed by atoms with Crippen LogP contribution in [0.5, 0.6) is 5.75 Å². The van der Waals surface area contributed by atoms with Crippen LogP contribution in [0.25, 0.3) is 0 Å². The Kier molecular flexibility index (Phi) is 4.92. The van der Waals surface area contributed by atoms with Crippen LogP contribution in [0, 0.1) is 0 Å². The van der Waals surface area contributed by atoms with Gasteiger partial charge in [0.2, 0.25) is 0 Å². The molecule has 90 valence electrons. The third-order valence-electron chi connectivity index (χ3n) is 2.32. The van der Waals surface area contributed by atoms with Crippen LogP contribution >= 0.6 is 12.6 Å². The maximum Gasteiger partial charge on any atom is 0.121 e. The van der Waals surface area contributed by atoms with Gasteiger partial charge in [0, 0.05) is 11.8 Å². The van der Waals surface area contributed by atoms with Crippen LogP contribution in [0.4, 0.5) is 5.69 Å². The van der Waals surface area contributed by atoms with Gasteiger partial charge < -0.3 is 20.7 Å². The predicted octanol–water partition coefficient (Wildman–Crippen LogP) is 0.992. The van der Waals surface area contributed by atoms with E-state index in [1.54, 1.807) is 18.2 Å². The predicted molar refractivity (Wildman–Crippen MR) is 66.8 cm³/mol. The highest BCUT2D eigenvalue weighted by atomic mass is 32.1. The maximum absolute atomic E-state index is 9.87. The fraction of sp³-hybridized carbons (Fsp3) is 0.455. The normalized spacial score (nSPS) is 14.5. The van der Waals surface area contributed by atoms with E-state index in [1.165, 1.54) is 7.11 Å². The first-order chi connectivity index (χ1) is 7.58. The maximum atomic E-state index is 9.87. The lowest BCUT2D eigenvalue weighted by molar-refractivity contribution is 0.0172. The zero-order valence-electron chi connectivity index (χ0n) is 9.13. The van der Waals surface area contributed by atoms with Crippen LogP contribution in [-0.4, -0.2) is 29.2 Å². The molecule has 4 N–H and O–H groups in total. The van der Waals surface area contributed by atoms with Gasteiger partial charge in [-0.1, -0.05) is 0 Å². The molecule has 5 heteroatoms. The summed E-state index contributed by atoms with van der Waals surface area (Å²) in [6.45, 7) is 0. The van der Waals surface area contributed by atoms with Crippen molar-refractivity contribution in [2.75, 3.05) is 18.6 Å². The Morgan fingerprint density at radius 2 is 2.06 bits per heavy atom. The molecule has 0 bridgehead atoms. The SMILES string of the molecule is COc1cc(N)cc(C(O)C(O)CCS)c1. The molecule has 0 saturated heterocycles. The van der Waals surface area contributed by atoms with Gasteiger partial charge in [0.1, 0.15) is 11.9 Å². The number of methoxy groups -OCH3 is 1. The molecular weight excluding hydrogens is 226 g/mol. The molecule has 2 atom stereocenters. The summed E-state index contributed by atoms with van der Waals surface area (Å²) in [5.74, 6) is 1.07. The first-order valence-corrected chi connectivity index (χ1v) is 5.63. The fourth-order valence-corrected chi connectivity index (χ4v) is 1.71. The number of thiol groups is 1. The van der Waals surface area contributed by atoms with Gasteiger partial charge in [-0.3, -0.25) is 0 Å². The van der Waals surface area contributed by atoms with Gasteiger partial charge in [0.15, 0.2) is 0 Å². The topological polar surface area (TPSA) is 75.7 Å². The molecule has 0 amide bonds. The molecule has 0 heterocycles. The molecule has 1 rings (SSSR count). The number of benzene rings is 1. The summed E-state index contributed by atoms with van der Waals surface area (Å²) in [6.07, 6.45) is -1.39. The van der Waals surface area contributed by atoms with Crippen LogP contribution in [-0.2, 0) is 0 Å². The molecule has 0 fully saturated rings. The average molecular weight is 243 g/mol. The number of hydrogen-bond acceptors (Lipinski definition) is 5. The smallest absolute Gasteiger partial charge is 0.121 e. The summed E-state index contributed by atoms with van der Waals surface area (Å²) in [4.78, 5) is 0. The van der Waals surface area contributed by atoms with E-state index in [4.69, 9.17) is 10.5 Å². The zero-order valence-corrected chi connectivity index (χ0v) is 10.0. The van der Waals surface area contributed by atoms with Crippen molar-refractivity contribution in [1.29, 1.82) is 0 Å². The van der Waals surface area contributed by atoms with Crippen LogP contribution in [0.3, 0.4) is 0 Å². The minimum absolute atomic E-state index is 0.418. The molecule has 1 aromatic carbocycles. The van der Waals surface area contributed by atoms with Crippen molar-refractivity contribution in [2.45, 2.75) is 18.6 Å². The quantitative estimate of drug-likeness (QED) is 0.459. The number of rotatable bonds is 5. The Bertz CT molecular complexity index is 346. The molecule has 0 saturated carbocycles. The van der Waals surface area contributed by atoms with Crippen molar-refractivity contribution in [3.05, 3.63) is 23.8 Å². The van der Waals surface area contributed by atoms with Crippen molar-refractivity contribution in [3.8, 4) is 5.75 Å². The van der Waals surface area contributed by atoms with Gasteiger partial charge in [0.05, 0.1) is 13.2 Å². The Hall–Kier alpha value is -0.910. The van der Waals surface area contributed by atoms with Crippen molar-refractivity contribution in [3.63, 3.8) is 0 Å². The number of anilines is 1. The minimum atomic E-state index is -0.968. The number of nitrogens with two attached hydrogens (primary N) is 1. The highest BCUT2D eigenvalue weighted by Crippen LogP contribution is 2.26. The Morgan fingerprint density at radius 3 is 2.62 bits per heavy atom. The lowest BCUT2D eigenvalue weighted by Gasteiger charge is -2.18. The molecule has 0 radical (unpaired) electrons. The fourth-order valence-electron chi connectivity index (χ4n) is 1.45. The molecule has 1 aromatic rings. The summed E-state index contributed by atoms with van der Waals surface area (Å²) in [5, 5.41) is 19.5. The van der Waals surface area contributed by atoms with E-state index >= 15 is 0 Å². The largest absolute Gasteiger partial charge is 0.497 e. The Morgan fingerprint density at radius 1 is 1.38 bits per heavy atom. The molecular formula is C11H17NO3S. The monoisotopic (exact) mass is 243 g/mol. The lowest BCUT2D eigenvalue weighted by Crippen LogP contribution is -2.18. The summed E-state index contributed by atoms with van der Waals surface area (Å²) in [5.41, 5.74) is 6.70. The first-order valence-electron chi connectivity index (χ1n) is 5.00. The molecule has 0 spiro atoms. The van der Waals surface area contributed by atoms with Crippen LogP contribution < -0.4 is 10.5 Å². The molecule has 4 nitrogen and oxygen atoms in total. The molecule has 0 aliphatic carbocycles. The lowest BCUT2D eigenvalue weighted by atomic mass is 10.0. The second kappa shape index (κ2) is 5.98. The van der Waals surface area contributed by atoms with Crippen molar-refractivity contribution in [2.24, 2.45) is 0 Å². The van der Waals surface area contributed by atoms with E-state index in [2.05, 4.69) is 12.6 Å². The number of ether oxygens (including phenoxy) is 1. The molecule has 0 aliphatic heterocycles. The Labute approximate surface area is 100 Å². The highest BCUT2D eigenvalue weighted by Gasteiger charge is 2.18. The molecule has 0 aromatic heterocycles. The van der Waals surface area contributed by atoms with Gasteiger partial charge in [0.25, 0.3) is 0 Å². The van der Waals surface area contributed by atoms with E-state index in [9.17, 15) is 10.2 Å². The number of nitrogen functional groups attached to an aromatic ring is 1. The number of aliphatic hydroxyl groups is 2. The van der Waals surface area contributed by atoms with Gasteiger partial charge in [-0.15, -0.1) is 0 Å². The average Bonchev–Trinajstić information content (AvgIpc) is 2.27. The van der Waals surface area contributed by atoms with Crippen molar-refractivity contribution >= 4 is 18.3 Å². The summed E-state index contributed by atoms with van der Waals surface area (Å²) < 4.78 is 5.04. The van der Waals surface area contributed by atoms with Crippen LogP contribution in [0.15, 0.2) is 18.2 Å². The van der Waals surface area contributed by atoms with Crippen LogP contribution in [0.2, 0.25) is 0 Å².